The number of nitrogens with one attached hydrogen (secondary N) is 1. The van der Waals surface area contributed by atoms with Gasteiger partial charge in [0.05, 0.1) is 11.7 Å². The quantitative estimate of drug-likeness (QED) is 0.728. The van der Waals surface area contributed by atoms with Crippen LogP contribution in [-0.2, 0) is 4.74 Å². The number of carbonyl (C=O) groups excluding carboxylic acids is 1. The number of carbonyl (C=O) groups is 1. The predicted octanol–water partition coefficient (Wildman–Crippen LogP) is 3.74. The summed E-state index contributed by atoms with van der Waals surface area (Å²) in [6, 6.07) is 5.76. The monoisotopic (exact) mass is 437 g/mol. The van der Waals surface area contributed by atoms with Crippen molar-refractivity contribution in [1.29, 1.82) is 0 Å². The number of amides is 1. The molecule has 1 amide bonds. The number of halogens is 2. The number of hydrogen-bond donors (Lipinski definition) is 1. The second-order valence-electron chi connectivity index (χ2n) is 4.66. The van der Waals surface area contributed by atoms with Crippen LogP contribution in [0.5, 0.6) is 0 Å². The average Bonchev–Trinajstić information content (AvgIpc) is 2.42. The summed E-state index contributed by atoms with van der Waals surface area (Å²) in [4.78, 5) is 12.1. The molecule has 1 saturated heterocycles. The van der Waals surface area contributed by atoms with Gasteiger partial charge in [-0.2, -0.15) is 0 Å². The van der Waals surface area contributed by atoms with Gasteiger partial charge in [0.2, 0.25) is 0 Å². The van der Waals surface area contributed by atoms with Gasteiger partial charge in [0, 0.05) is 21.2 Å². The number of benzene rings is 1. The first-order chi connectivity index (χ1) is 9.16. The van der Waals surface area contributed by atoms with E-state index in [9.17, 15) is 4.79 Å². The normalized spacial score (nSPS) is 19.2. The van der Waals surface area contributed by atoms with Crippen molar-refractivity contribution in [2.75, 3.05) is 13.2 Å². The molecule has 0 bridgehead atoms. The van der Waals surface area contributed by atoms with E-state index in [1.807, 2.05) is 18.2 Å². The van der Waals surface area contributed by atoms with E-state index in [1.54, 1.807) is 0 Å². The lowest BCUT2D eigenvalue weighted by Gasteiger charge is -2.22. The Kier molecular flexibility index (Phi) is 6.09. The minimum atomic E-state index is -0.0267. The highest BCUT2D eigenvalue weighted by atomic mass is 127. The van der Waals surface area contributed by atoms with Crippen molar-refractivity contribution < 1.29 is 9.53 Å². The first-order valence-electron chi connectivity index (χ1n) is 6.51. The predicted molar refractivity (Wildman–Crippen MR) is 87.4 cm³/mol. The molecule has 0 spiro atoms. The van der Waals surface area contributed by atoms with Gasteiger partial charge in [-0.15, -0.1) is 0 Å². The highest BCUT2D eigenvalue weighted by Gasteiger charge is 2.15. The van der Waals surface area contributed by atoms with Crippen LogP contribution in [0, 0.1) is 3.57 Å². The molecular formula is C14H17BrINO2. The van der Waals surface area contributed by atoms with E-state index in [1.165, 1.54) is 6.42 Å². The Bertz CT molecular complexity index is 447. The van der Waals surface area contributed by atoms with Crippen LogP contribution in [0.2, 0.25) is 0 Å². The molecule has 1 heterocycles. The highest BCUT2D eigenvalue weighted by molar-refractivity contribution is 14.1. The molecule has 1 fully saturated rings. The zero-order valence-corrected chi connectivity index (χ0v) is 14.4. The summed E-state index contributed by atoms with van der Waals surface area (Å²) in [5.74, 6) is -0.0267. The molecule has 2 rings (SSSR count). The molecule has 1 N–H and O–H groups in total. The van der Waals surface area contributed by atoms with Crippen molar-refractivity contribution in [2.45, 2.75) is 31.8 Å². The van der Waals surface area contributed by atoms with Crippen LogP contribution in [0.15, 0.2) is 22.7 Å². The van der Waals surface area contributed by atoms with Crippen LogP contribution in [-0.4, -0.2) is 25.2 Å². The van der Waals surface area contributed by atoms with Crippen molar-refractivity contribution in [3.05, 3.63) is 31.8 Å². The molecule has 1 aromatic carbocycles. The molecule has 0 radical (unpaired) electrons. The van der Waals surface area contributed by atoms with Crippen molar-refractivity contribution in [1.82, 2.24) is 5.32 Å². The molecule has 0 aliphatic carbocycles. The van der Waals surface area contributed by atoms with E-state index in [-0.39, 0.29) is 5.91 Å². The molecule has 19 heavy (non-hydrogen) atoms. The topological polar surface area (TPSA) is 38.3 Å². The lowest BCUT2D eigenvalue weighted by molar-refractivity contribution is 0.0117. The van der Waals surface area contributed by atoms with Gasteiger partial charge in [-0.25, -0.2) is 0 Å². The molecular weight excluding hydrogens is 421 g/mol. The van der Waals surface area contributed by atoms with Gasteiger partial charge in [0.1, 0.15) is 0 Å². The van der Waals surface area contributed by atoms with Gasteiger partial charge in [0.15, 0.2) is 0 Å². The summed E-state index contributed by atoms with van der Waals surface area (Å²) in [6.45, 7) is 1.53. The summed E-state index contributed by atoms with van der Waals surface area (Å²) in [6.07, 6.45) is 4.73. The summed E-state index contributed by atoms with van der Waals surface area (Å²) in [5.41, 5.74) is 0.691. The largest absolute Gasteiger partial charge is 0.378 e. The maximum Gasteiger partial charge on any atom is 0.252 e. The minimum absolute atomic E-state index is 0.0267. The average molecular weight is 438 g/mol. The smallest absolute Gasteiger partial charge is 0.252 e. The molecule has 1 unspecified atom stereocenters. The van der Waals surface area contributed by atoms with E-state index in [0.29, 0.717) is 18.2 Å². The van der Waals surface area contributed by atoms with Gasteiger partial charge in [0.25, 0.3) is 5.91 Å². The van der Waals surface area contributed by atoms with E-state index < -0.39 is 0 Å². The molecule has 0 aromatic heterocycles. The Labute approximate surface area is 135 Å². The Morgan fingerprint density at radius 1 is 1.47 bits per heavy atom. The number of ether oxygens (including phenoxy) is 1. The van der Waals surface area contributed by atoms with Crippen LogP contribution >= 0.6 is 38.5 Å². The van der Waals surface area contributed by atoms with Gasteiger partial charge in [-0.1, -0.05) is 0 Å². The van der Waals surface area contributed by atoms with Crippen molar-refractivity contribution in [2.24, 2.45) is 0 Å². The lowest BCUT2D eigenvalue weighted by Crippen LogP contribution is -2.29. The zero-order chi connectivity index (χ0) is 13.7. The highest BCUT2D eigenvalue weighted by Crippen LogP contribution is 2.19. The molecule has 5 heteroatoms. The van der Waals surface area contributed by atoms with Gasteiger partial charge in [-0.3, -0.25) is 4.79 Å². The maximum absolute atomic E-state index is 12.1. The second-order valence-corrected chi connectivity index (χ2v) is 6.76. The fourth-order valence-corrected chi connectivity index (χ4v) is 3.07. The molecule has 3 nitrogen and oxygen atoms in total. The fraction of sp³-hybridized carbons (Fsp3) is 0.500. The first-order valence-corrected chi connectivity index (χ1v) is 8.39. The second kappa shape index (κ2) is 7.59. The summed E-state index contributed by atoms with van der Waals surface area (Å²) >= 11 is 5.62. The van der Waals surface area contributed by atoms with Gasteiger partial charge < -0.3 is 10.1 Å². The fourth-order valence-electron chi connectivity index (χ4n) is 2.15. The molecule has 1 aromatic rings. The van der Waals surface area contributed by atoms with Crippen molar-refractivity contribution in [3.63, 3.8) is 0 Å². The maximum atomic E-state index is 12.1. The van der Waals surface area contributed by atoms with Crippen molar-refractivity contribution >= 4 is 44.4 Å². The van der Waals surface area contributed by atoms with Crippen LogP contribution in [0.25, 0.3) is 0 Å². The van der Waals surface area contributed by atoms with Crippen molar-refractivity contribution in [3.8, 4) is 0 Å². The summed E-state index contributed by atoms with van der Waals surface area (Å²) < 4.78 is 7.54. The summed E-state index contributed by atoms with van der Waals surface area (Å²) in [5, 5.41) is 2.96. The summed E-state index contributed by atoms with van der Waals surface area (Å²) in [7, 11) is 0. The Hall–Kier alpha value is -0.140. The number of hydrogen-bond acceptors (Lipinski definition) is 2. The van der Waals surface area contributed by atoms with E-state index >= 15 is 0 Å². The zero-order valence-electron chi connectivity index (χ0n) is 10.6. The third-order valence-corrected chi connectivity index (χ3v) is 4.56. The Balaban J connectivity index is 1.82. The molecule has 104 valence electrons. The Morgan fingerprint density at radius 2 is 2.32 bits per heavy atom. The Morgan fingerprint density at radius 3 is 3.05 bits per heavy atom. The lowest BCUT2D eigenvalue weighted by atomic mass is 10.1. The van der Waals surface area contributed by atoms with Crippen LogP contribution in [0.4, 0.5) is 0 Å². The van der Waals surface area contributed by atoms with Gasteiger partial charge in [-0.05, 0) is 82.4 Å². The third-order valence-electron chi connectivity index (χ3n) is 3.20. The van der Waals surface area contributed by atoms with E-state index in [2.05, 4.69) is 43.8 Å². The van der Waals surface area contributed by atoms with Crippen LogP contribution in [0.3, 0.4) is 0 Å². The molecule has 1 aliphatic heterocycles. The first kappa shape index (κ1) is 15.3. The number of rotatable bonds is 4. The van der Waals surface area contributed by atoms with Gasteiger partial charge >= 0.3 is 0 Å². The minimum Gasteiger partial charge on any atom is -0.378 e. The molecule has 1 atom stereocenters. The van der Waals surface area contributed by atoms with Crippen LogP contribution < -0.4 is 5.32 Å². The van der Waals surface area contributed by atoms with Crippen LogP contribution in [0.1, 0.15) is 36.0 Å². The SMILES string of the molecule is O=C(NCCC1CCCCO1)c1cc(I)ccc1Br. The van der Waals surface area contributed by atoms with E-state index in [4.69, 9.17) is 4.74 Å². The third kappa shape index (κ3) is 4.72. The standard InChI is InChI=1S/C14H17BrINO2/c15-13-5-4-10(16)9-12(13)14(18)17-7-6-11-3-1-2-8-19-11/h4-5,9,11H,1-3,6-8H2,(H,17,18). The van der Waals surface area contributed by atoms with E-state index in [0.717, 1.165) is 33.9 Å². The molecule has 1 aliphatic rings. The molecule has 0 saturated carbocycles.